The van der Waals surface area contributed by atoms with Crippen LogP contribution in [0.25, 0.3) is 0 Å². The van der Waals surface area contributed by atoms with Crippen molar-refractivity contribution in [1.29, 1.82) is 0 Å². The molecule has 0 amide bonds. The molecule has 2 aromatic rings. The third-order valence-corrected chi connectivity index (χ3v) is 5.28. The normalized spacial score (nSPS) is 29.2. The van der Waals surface area contributed by atoms with Crippen molar-refractivity contribution in [2.45, 2.75) is 31.2 Å². The molecule has 2 nitrogen and oxygen atoms in total. The van der Waals surface area contributed by atoms with E-state index in [4.69, 9.17) is 0 Å². The lowest BCUT2D eigenvalue weighted by Gasteiger charge is -2.48. The van der Waals surface area contributed by atoms with E-state index in [-0.39, 0.29) is 0 Å². The minimum Gasteiger partial charge on any atom is -0.299 e. The maximum Gasteiger partial charge on any atom is 0.0306 e. The number of hydrogen-bond acceptors (Lipinski definition) is 2. The molecular weight excluding hydrogens is 256 g/mol. The van der Waals surface area contributed by atoms with Crippen LogP contribution >= 0.6 is 0 Å². The van der Waals surface area contributed by atoms with Gasteiger partial charge in [-0.1, -0.05) is 36.4 Å². The summed E-state index contributed by atoms with van der Waals surface area (Å²) in [7, 11) is 0. The molecule has 1 aromatic heterocycles. The fourth-order valence-electron chi connectivity index (χ4n) is 4.21. The van der Waals surface area contributed by atoms with Gasteiger partial charge < -0.3 is 0 Å². The number of pyridine rings is 1. The summed E-state index contributed by atoms with van der Waals surface area (Å²) >= 11 is 0. The third-order valence-electron chi connectivity index (χ3n) is 5.28. The van der Waals surface area contributed by atoms with E-state index in [1.165, 1.54) is 43.5 Å². The molecule has 0 radical (unpaired) electrons. The van der Waals surface area contributed by atoms with Crippen LogP contribution in [0.2, 0.25) is 0 Å². The van der Waals surface area contributed by atoms with E-state index < -0.39 is 0 Å². The van der Waals surface area contributed by atoms with E-state index >= 15 is 0 Å². The Bertz CT molecular complexity index is 534. The van der Waals surface area contributed by atoms with Crippen LogP contribution in [0.4, 0.5) is 0 Å². The Morgan fingerprint density at radius 1 is 0.952 bits per heavy atom. The van der Waals surface area contributed by atoms with Gasteiger partial charge in [0.25, 0.3) is 0 Å². The molecule has 0 spiro atoms. The lowest BCUT2D eigenvalue weighted by Crippen LogP contribution is -2.51. The Kier molecular flexibility index (Phi) is 3.48. The summed E-state index contributed by atoms with van der Waals surface area (Å²) in [6.45, 7) is 2.55. The molecule has 0 N–H and O–H groups in total. The van der Waals surface area contributed by atoms with Crippen LogP contribution in [-0.2, 0) is 0 Å². The predicted octanol–water partition coefficient (Wildman–Crippen LogP) is 3.70. The van der Waals surface area contributed by atoms with Crippen molar-refractivity contribution in [3.63, 3.8) is 0 Å². The topological polar surface area (TPSA) is 16.1 Å². The highest BCUT2D eigenvalue weighted by Crippen LogP contribution is 2.41. The minimum atomic E-state index is 0.461. The summed E-state index contributed by atoms with van der Waals surface area (Å²) in [6.07, 6.45) is 8.06. The SMILES string of the molecule is c1ccc(C(c2cccnc2)C2CC3CCN2CC3)cc1. The molecule has 3 aliphatic heterocycles. The van der Waals surface area contributed by atoms with Crippen LogP contribution in [0.3, 0.4) is 0 Å². The first-order valence-corrected chi connectivity index (χ1v) is 8.11. The molecule has 2 bridgehead atoms. The number of piperidine rings is 3. The monoisotopic (exact) mass is 278 g/mol. The molecule has 4 heterocycles. The molecule has 0 saturated carbocycles. The van der Waals surface area contributed by atoms with Crippen LogP contribution in [0.5, 0.6) is 0 Å². The van der Waals surface area contributed by atoms with E-state index in [0.717, 1.165) is 5.92 Å². The van der Waals surface area contributed by atoms with Gasteiger partial charge in [-0.15, -0.1) is 0 Å². The van der Waals surface area contributed by atoms with Gasteiger partial charge >= 0.3 is 0 Å². The van der Waals surface area contributed by atoms with Gasteiger partial charge in [0.1, 0.15) is 0 Å². The van der Waals surface area contributed by atoms with Gasteiger partial charge in [0.05, 0.1) is 0 Å². The molecular formula is C19H22N2. The van der Waals surface area contributed by atoms with Crippen molar-refractivity contribution in [1.82, 2.24) is 9.88 Å². The summed E-state index contributed by atoms with van der Waals surface area (Å²) in [4.78, 5) is 7.08. The number of hydrogen-bond donors (Lipinski definition) is 0. The maximum absolute atomic E-state index is 4.37. The zero-order chi connectivity index (χ0) is 14.1. The van der Waals surface area contributed by atoms with Crippen molar-refractivity contribution in [3.8, 4) is 0 Å². The molecule has 21 heavy (non-hydrogen) atoms. The van der Waals surface area contributed by atoms with Crippen LogP contribution in [0.15, 0.2) is 54.9 Å². The molecule has 3 fully saturated rings. The molecule has 3 aliphatic rings. The highest BCUT2D eigenvalue weighted by atomic mass is 15.2. The van der Waals surface area contributed by atoms with Crippen molar-refractivity contribution in [2.75, 3.05) is 13.1 Å². The summed E-state index contributed by atoms with van der Waals surface area (Å²) in [5, 5.41) is 0. The Balaban J connectivity index is 1.74. The Labute approximate surface area is 126 Å². The van der Waals surface area contributed by atoms with Crippen molar-refractivity contribution in [2.24, 2.45) is 5.92 Å². The molecule has 3 saturated heterocycles. The standard InChI is InChI=1S/C19H22N2/c1-2-5-16(6-3-1)19(17-7-4-10-20-14-17)18-13-15-8-11-21(18)12-9-15/h1-7,10,14-15,18-19H,8-9,11-13H2. The molecule has 2 heteroatoms. The zero-order valence-corrected chi connectivity index (χ0v) is 12.4. The first-order valence-electron chi connectivity index (χ1n) is 8.11. The van der Waals surface area contributed by atoms with Gasteiger partial charge in [-0.2, -0.15) is 0 Å². The zero-order valence-electron chi connectivity index (χ0n) is 12.4. The summed E-state index contributed by atoms with van der Waals surface area (Å²) in [6, 6.07) is 15.9. The van der Waals surface area contributed by atoms with Gasteiger partial charge in [0, 0.05) is 24.4 Å². The Hall–Kier alpha value is -1.67. The van der Waals surface area contributed by atoms with E-state index in [1.54, 1.807) is 0 Å². The minimum absolute atomic E-state index is 0.461. The molecule has 2 atom stereocenters. The van der Waals surface area contributed by atoms with Crippen LogP contribution in [-0.4, -0.2) is 29.0 Å². The maximum atomic E-state index is 4.37. The van der Waals surface area contributed by atoms with Gasteiger partial charge in [-0.3, -0.25) is 9.88 Å². The lowest BCUT2D eigenvalue weighted by molar-refractivity contribution is 0.0411. The van der Waals surface area contributed by atoms with Gasteiger partial charge in [-0.05, 0) is 55.5 Å². The lowest BCUT2D eigenvalue weighted by atomic mass is 9.74. The fraction of sp³-hybridized carbons (Fsp3) is 0.421. The third kappa shape index (κ3) is 2.49. The predicted molar refractivity (Wildman–Crippen MR) is 85.2 cm³/mol. The molecule has 2 unspecified atom stereocenters. The van der Waals surface area contributed by atoms with Crippen molar-refractivity contribution in [3.05, 3.63) is 66.0 Å². The number of rotatable bonds is 3. The average Bonchev–Trinajstić information content (AvgIpc) is 2.58. The number of nitrogens with zero attached hydrogens (tertiary/aromatic N) is 2. The quantitative estimate of drug-likeness (QED) is 0.851. The van der Waals surface area contributed by atoms with Gasteiger partial charge in [0.15, 0.2) is 0 Å². The van der Waals surface area contributed by atoms with E-state index in [0.29, 0.717) is 12.0 Å². The first-order chi connectivity index (χ1) is 10.4. The summed E-state index contributed by atoms with van der Waals surface area (Å²) in [5.74, 6) is 1.39. The molecule has 1 aromatic carbocycles. The van der Waals surface area contributed by atoms with E-state index in [9.17, 15) is 0 Å². The average molecular weight is 278 g/mol. The van der Waals surface area contributed by atoms with E-state index in [1.807, 2.05) is 6.20 Å². The molecule has 5 rings (SSSR count). The van der Waals surface area contributed by atoms with Gasteiger partial charge in [0.2, 0.25) is 0 Å². The number of aromatic nitrogens is 1. The van der Waals surface area contributed by atoms with Crippen LogP contribution < -0.4 is 0 Å². The number of benzene rings is 1. The number of fused-ring (bicyclic) bond motifs is 3. The second kappa shape index (κ2) is 5.61. The Morgan fingerprint density at radius 2 is 1.71 bits per heavy atom. The highest BCUT2D eigenvalue weighted by molar-refractivity contribution is 5.33. The van der Waals surface area contributed by atoms with Crippen molar-refractivity contribution >= 4 is 0 Å². The second-order valence-corrected chi connectivity index (χ2v) is 6.46. The van der Waals surface area contributed by atoms with Crippen LogP contribution in [0, 0.1) is 5.92 Å². The largest absolute Gasteiger partial charge is 0.299 e. The highest BCUT2D eigenvalue weighted by Gasteiger charge is 2.38. The summed E-state index contributed by atoms with van der Waals surface area (Å²) in [5.41, 5.74) is 2.80. The van der Waals surface area contributed by atoms with E-state index in [2.05, 4.69) is 58.5 Å². The second-order valence-electron chi connectivity index (χ2n) is 6.46. The fourth-order valence-corrected chi connectivity index (χ4v) is 4.21. The Morgan fingerprint density at radius 3 is 2.33 bits per heavy atom. The van der Waals surface area contributed by atoms with Crippen LogP contribution in [0.1, 0.15) is 36.3 Å². The van der Waals surface area contributed by atoms with Crippen molar-refractivity contribution < 1.29 is 0 Å². The summed E-state index contributed by atoms with van der Waals surface area (Å²) < 4.78 is 0. The molecule has 0 aliphatic carbocycles. The molecule has 108 valence electrons. The van der Waals surface area contributed by atoms with Gasteiger partial charge in [-0.25, -0.2) is 0 Å². The first kappa shape index (κ1) is 13.0. The smallest absolute Gasteiger partial charge is 0.0306 e.